The van der Waals surface area contributed by atoms with Crippen LogP contribution in [0.4, 0.5) is 0 Å². The first-order chi connectivity index (χ1) is 10.5. The summed E-state index contributed by atoms with van der Waals surface area (Å²) in [5, 5.41) is 0. The van der Waals surface area contributed by atoms with Gasteiger partial charge in [-0.2, -0.15) is 0 Å². The SMILES string of the molecule is CO[Si](CCCN(C)CCN(C)CC1CCCC1)(OC)OC. The zero-order chi connectivity index (χ0) is 16.4. The highest BCUT2D eigenvalue weighted by Gasteiger charge is 2.36. The van der Waals surface area contributed by atoms with Crippen LogP contribution in [0.1, 0.15) is 32.1 Å². The molecular weight excluding hydrogens is 296 g/mol. The summed E-state index contributed by atoms with van der Waals surface area (Å²) in [5.74, 6) is 0.937. The minimum absolute atomic E-state index is 0.874. The predicted octanol–water partition coefficient (Wildman–Crippen LogP) is 2.31. The molecule has 1 rings (SSSR count). The van der Waals surface area contributed by atoms with Crippen molar-refractivity contribution in [2.24, 2.45) is 5.92 Å². The molecule has 0 amide bonds. The van der Waals surface area contributed by atoms with E-state index in [0.29, 0.717) is 0 Å². The number of hydrogen-bond donors (Lipinski definition) is 0. The molecule has 0 radical (unpaired) electrons. The van der Waals surface area contributed by atoms with Crippen molar-refractivity contribution in [3.63, 3.8) is 0 Å². The van der Waals surface area contributed by atoms with Crippen LogP contribution in [0.25, 0.3) is 0 Å². The van der Waals surface area contributed by atoms with Crippen LogP contribution in [0.3, 0.4) is 0 Å². The van der Waals surface area contributed by atoms with Gasteiger partial charge in [0, 0.05) is 47.0 Å². The van der Waals surface area contributed by atoms with Crippen molar-refractivity contribution in [1.29, 1.82) is 0 Å². The molecule has 1 saturated carbocycles. The van der Waals surface area contributed by atoms with E-state index in [2.05, 4.69) is 23.9 Å². The molecule has 0 aromatic carbocycles. The Kier molecular flexibility index (Phi) is 9.78. The van der Waals surface area contributed by atoms with Crippen LogP contribution in [0.15, 0.2) is 0 Å². The van der Waals surface area contributed by atoms with Crippen molar-refractivity contribution in [2.75, 3.05) is 61.6 Å². The van der Waals surface area contributed by atoms with E-state index in [1.54, 1.807) is 21.3 Å². The summed E-state index contributed by atoms with van der Waals surface area (Å²) in [6.45, 7) is 4.59. The van der Waals surface area contributed by atoms with Gasteiger partial charge < -0.3 is 23.1 Å². The number of likely N-dealkylation sites (N-methyl/N-ethyl adjacent to an activating group) is 2. The lowest BCUT2D eigenvalue weighted by Crippen LogP contribution is -2.43. The van der Waals surface area contributed by atoms with Gasteiger partial charge in [-0.25, -0.2) is 0 Å². The van der Waals surface area contributed by atoms with Gasteiger partial charge in [0.15, 0.2) is 0 Å². The minimum Gasteiger partial charge on any atom is -0.377 e. The van der Waals surface area contributed by atoms with Gasteiger partial charge in [-0.15, -0.1) is 0 Å². The van der Waals surface area contributed by atoms with Gasteiger partial charge >= 0.3 is 8.80 Å². The van der Waals surface area contributed by atoms with Crippen LogP contribution in [0, 0.1) is 5.92 Å². The molecular formula is C16H36N2O3Si. The summed E-state index contributed by atoms with van der Waals surface area (Å²) >= 11 is 0. The summed E-state index contributed by atoms with van der Waals surface area (Å²) in [5.41, 5.74) is 0. The van der Waals surface area contributed by atoms with Gasteiger partial charge in [-0.3, -0.25) is 0 Å². The smallest absolute Gasteiger partial charge is 0.377 e. The maximum absolute atomic E-state index is 5.46. The van der Waals surface area contributed by atoms with E-state index in [1.807, 2.05) is 0 Å². The van der Waals surface area contributed by atoms with Gasteiger partial charge in [0.1, 0.15) is 0 Å². The molecule has 1 aliphatic rings. The molecule has 0 saturated heterocycles. The number of rotatable bonds is 12. The topological polar surface area (TPSA) is 34.2 Å². The quantitative estimate of drug-likeness (QED) is 0.512. The third-order valence-electron chi connectivity index (χ3n) is 4.86. The molecule has 0 atom stereocenters. The van der Waals surface area contributed by atoms with Crippen molar-refractivity contribution in [3.8, 4) is 0 Å². The van der Waals surface area contributed by atoms with Gasteiger partial charge in [-0.1, -0.05) is 12.8 Å². The van der Waals surface area contributed by atoms with E-state index in [1.165, 1.54) is 32.2 Å². The Hall–Kier alpha value is 0.0169. The zero-order valence-electron chi connectivity index (χ0n) is 15.3. The lowest BCUT2D eigenvalue weighted by molar-refractivity contribution is 0.121. The third kappa shape index (κ3) is 7.06. The van der Waals surface area contributed by atoms with Crippen molar-refractivity contribution < 1.29 is 13.3 Å². The second-order valence-corrected chi connectivity index (χ2v) is 9.71. The lowest BCUT2D eigenvalue weighted by atomic mass is 10.1. The van der Waals surface area contributed by atoms with Crippen LogP contribution >= 0.6 is 0 Å². The van der Waals surface area contributed by atoms with Crippen LogP contribution in [-0.4, -0.2) is 80.2 Å². The molecule has 0 bridgehead atoms. The first-order valence-corrected chi connectivity index (χ1v) is 10.5. The van der Waals surface area contributed by atoms with Crippen molar-refractivity contribution >= 4 is 8.80 Å². The highest BCUT2D eigenvalue weighted by molar-refractivity contribution is 6.60. The molecule has 0 aliphatic heterocycles. The standard InChI is InChI=1S/C16H36N2O3Si/c1-17(11-8-14-22(19-3,20-4)21-5)12-13-18(2)15-16-9-6-7-10-16/h16H,6-15H2,1-5H3. The van der Waals surface area contributed by atoms with Gasteiger partial charge in [-0.05, 0) is 45.8 Å². The molecule has 0 heterocycles. The van der Waals surface area contributed by atoms with E-state index in [4.69, 9.17) is 13.3 Å². The molecule has 0 unspecified atom stereocenters. The molecule has 5 nitrogen and oxygen atoms in total. The van der Waals surface area contributed by atoms with Crippen molar-refractivity contribution in [1.82, 2.24) is 9.80 Å². The Morgan fingerprint density at radius 3 is 1.95 bits per heavy atom. The number of hydrogen-bond acceptors (Lipinski definition) is 5. The van der Waals surface area contributed by atoms with Crippen molar-refractivity contribution in [3.05, 3.63) is 0 Å². The monoisotopic (exact) mass is 332 g/mol. The van der Waals surface area contributed by atoms with Crippen LogP contribution < -0.4 is 0 Å². The molecule has 0 aromatic heterocycles. The molecule has 0 N–H and O–H groups in total. The van der Waals surface area contributed by atoms with Gasteiger partial charge in [0.25, 0.3) is 0 Å². The highest BCUT2D eigenvalue weighted by Crippen LogP contribution is 2.25. The normalized spacial score (nSPS) is 17.0. The summed E-state index contributed by atoms with van der Waals surface area (Å²) in [6.07, 6.45) is 6.77. The van der Waals surface area contributed by atoms with Gasteiger partial charge in [0.05, 0.1) is 0 Å². The number of nitrogens with zero attached hydrogens (tertiary/aromatic N) is 2. The van der Waals surface area contributed by atoms with Crippen molar-refractivity contribution in [2.45, 2.75) is 38.1 Å². The molecule has 1 aliphatic carbocycles. The minimum atomic E-state index is -2.39. The van der Waals surface area contributed by atoms with Crippen LogP contribution in [-0.2, 0) is 13.3 Å². The average molecular weight is 333 g/mol. The van der Waals surface area contributed by atoms with E-state index >= 15 is 0 Å². The summed E-state index contributed by atoms with van der Waals surface area (Å²) in [4.78, 5) is 4.89. The van der Waals surface area contributed by atoms with E-state index in [0.717, 1.165) is 38.0 Å². The summed E-state index contributed by atoms with van der Waals surface area (Å²) < 4.78 is 16.4. The van der Waals surface area contributed by atoms with Crippen LogP contribution in [0.2, 0.25) is 6.04 Å². The summed E-state index contributed by atoms with van der Waals surface area (Å²) in [7, 11) is 7.10. The molecule has 6 heteroatoms. The second kappa shape index (κ2) is 10.7. The van der Waals surface area contributed by atoms with E-state index in [-0.39, 0.29) is 0 Å². The molecule has 22 heavy (non-hydrogen) atoms. The maximum atomic E-state index is 5.46. The fraction of sp³-hybridized carbons (Fsp3) is 1.00. The first-order valence-electron chi connectivity index (χ1n) is 8.57. The van der Waals surface area contributed by atoms with Gasteiger partial charge in [0.2, 0.25) is 0 Å². The average Bonchev–Trinajstić information content (AvgIpc) is 3.03. The molecule has 0 spiro atoms. The largest absolute Gasteiger partial charge is 0.500 e. The fourth-order valence-electron chi connectivity index (χ4n) is 3.30. The third-order valence-corrected chi connectivity index (χ3v) is 7.70. The Morgan fingerprint density at radius 2 is 1.41 bits per heavy atom. The van der Waals surface area contributed by atoms with E-state index < -0.39 is 8.80 Å². The fourth-order valence-corrected chi connectivity index (χ4v) is 5.00. The maximum Gasteiger partial charge on any atom is 0.500 e. The second-order valence-electron chi connectivity index (χ2n) is 6.61. The molecule has 132 valence electrons. The molecule has 0 aromatic rings. The predicted molar refractivity (Wildman–Crippen MR) is 93.2 cm³/mol. The Labute approximate surface area is 138 Å². The first kappa shape index (κ1) is 20.1. The lowest BCUT2D eigenvalue weighted by Gasteiger charge is -2.26. The van der Waals surface area contributed by atoms with Crippen LogP contribution in [0.5, 0.6) is 0 Å². The zero-order valence-corrected chi connectivity index (χ0v) is 16.3. The summed E-state index contributed by atoms with van der Waals surface area (Å²) in [6, 6.07) is 0.874. The van der Waals surface area contributed by atoms with E-state index in [9.17, 15) is 0 Å². The Balaban J connectivity index is 2.13. The Morgan fingerprint density at radius 1 is 0.864 bits per heavy atom. The molecule has 1 fully saturated rings. The highest BCUT2D eigenvalue weighted by atomic mass is 28.4. The Bertz CT molecular complexity index is 276.